The molecule has 1 saturated heterocycles. The Hall–Kier alpha value is -1.43. The second-order valence-corrected chi connectivity index (χ2v) is 4.55. The molecule has 0 radical (unpaired) electrons. The van der Waals surface area contributed by atoms with Crippen molar-refractivity contribution in [3.63, 3.8) is 0 Å². The van der Waals surface area contributed by atoms with E-state index in [1.165, 1.54) is 6.92 Å². The van der Waals surface area contributed by atoms with E-state index in [1.807, 2.05) is 24.3 Å². The van der Waals surface area contributed by atoms with Crippen molar-refractivity contribution in [1.29, 1.82) is 0 Å². The molecule has 1 aromatic carbocycles. The smallest absolute Gasteiger partial charge is 0.191 e. The van der Waals surface area contributed by atoms with Gasteiger partial charge in [0.2, 0.25) is 0 Å². The van der Waals surface area contributed by atoms with Gasteiger partial charge in [0, 0.05) is 0 Å². The van der Waals surface area contributed by atoms with E-state index in [0.29, 0.717) is 26.2 Å². The molecule has 1 atom stereocenters. The summed E-state index contributed by atoms with van der Waals surface area (Å²) < 4.78 is 16.1. The van der Waals surface area contributed by atoms with Gasteiger partial charge in [-0.15, -0.1) is 0 Å². The molecule has 0 spiro atoms. The second kappa shape index (κ2) is 6.65. The van der Waals surface area contributed by atoms with Crippen LogP contribution in [0, 0.1) is 0 Å². The van der Waals surface area contributed by atoms with Crippen molar-refractivity contribution in [2.24, 2.45) is 5.73 Å². The van der Waals surface area contributed by atoms with Crippen LogP contribution in [0.15, 0.2) is 24.3 Å². The Labute approximate surface area is 112 Å². The van der Waals surface area contributed by atoms with E-state index < -0.39 is 6.04 Å². The van der Waals surface area contributed by atoms with Crippen LogP contribution in [0.2, 0.25) is 0 Å². The number of nitrogens with two attached hydrogens (primary N) is 1. The van der Waals surface area contributed by atoms with Crippen molar-refractivity contribution in [1.82, 2.24) is 0 Å². The van der Waals surface area contributed by atoms with Gasteiger partial charge in [0.15, 0.2) is 6.29 Å². The molecule has 0 aromatic heterocycles. The van der Waals surface area contributed by atoms with Gasteiger partial charge in [-0.25, -0.2) is 0 Å². The molecule has 19 heavy (non-hydrogen) atoms. The van der Waals surface area contributed by atoms with Crippen molar-refractivity contribution in [3.05, 3.63) is 29.8 Å². The van der Waals surface area contributed by atoms with E-state index in [1.54, 1.807) is 0 Å². The van der Waals surface area contributed by atoms with E-state index in [9.17, 15) is 4.79 Å². The van der Waals surface area contributed by atoms with E-state index in [2.05, 4.69) is 0 Å². The lowest BCUT2D eigenvalue weighted by Gasteiger charge is -2.12. The SMILES string of the molecule is CC(=O)C(N)Cc1ccc(OCC2OCCO2)cc1. The Balaban J connectivity index is 1.82. The van der Waals surface area contributed by atoms with Crippen molar-refractivity contribution in [3.8, 4) is 5.75 Å². The molecule has 0 aliphatic carbocycles. The van der Waals surface area contributed by atoms with E-state index in [-0.39, 0.29) is 12.1 Å². The molecule has 104 valence electrons. The third-order valence-corrected chi connectivity index (χ3v) is 2.98. The largest absolute Gasteiger partial charge is 0.488 e. The highest BCUT2D eigenvalue weighted by Gasteiger charge is 2.16. The second-order valence-electron chi connectivity index (χ2n) is 4.55. The van der Waals surface area contributed by atoms with Crippen molar-refractivity contribution in [2.75, 3.05) is 19.8 Å². The summed E-state index contributed by atoms with van der Waals surface area (Å²) in [4.78, 5) is 11.1. The fourth-order valence-corrected chi connectivity index (χ4v) is 1.79. The molecular formula is C14H19NO4. The average molecular weight is 265 g/mol. The van der Waals surface area contributed by atoms with Gasteiger partial charge in [-0.3, -0.25) is 4.79 Å². The highest BCUT2D eigenvalue weighted by Crippen LogP contribution is 2.15. The predicted octanol–water partition coefficient (Wildman–Crippen LogP) is 0.897. The van der Waals surface area contributed by atoms with E-state index >= 15 is 0 Å². The summed E-state index contributed by atoms with van der Waals surface area (Å²) in [5, 5.41) is 0. The number of Topliss-reactive ketones (excluding diaryl/α,β-unsaturated/α-hetero) is 1. The number of ether oxygens (including phenoxy) is 3. The minimum atomic E-state index is -0.438. The topological polar surface area (TPSA) is 70.8 Å². The Kier molecular flexibility index (Phi) is 4.90. The van der Waals surface area contributed by atoms with Gasteiger partial charge in [0.1, 0.15) is 18.1 Å². The average Bonchev–Trinajstić information content (AvgIpc) is 2.91. The highest BCUT2D eigenvalue weighted by molar-refractivity contribution is 5.81. The number of carbonyl (C=O) groups is 1. The lowest BCUT2D eigenvalue weighted by Crippen LogP contribution is -2.30. The maximum absolute atomic E-state index is 11.1. The first-order valence-electron chi connectivity index (χ1n) is 6.36. The quantitative estimate of drug-likeness (QED) is 0.827. The van der Waals surface area contributed by atoms with Gasteiger partial charge in [0.25, 0.3) is 0 Å². The van der Waals surface area contributed by atoms with Crippen molar-refractivity contribution >= 4 is 5.78 Å². The molecule has 2 rings (SSSR count). The molecule has 1 aromatic rings. The molecule has 1 unspecified atom stereocenters. The van der Waals surface area contributed by atoms with Crippen molar-refractivity contribution in [2.45, 2.75) is 25.7 Å². The molecule has 1 aliphatic heterocycles. The molecule has 2 N–H and O–H groups in total. The number of carbonyl (C=O) groups excluding carboxylic acids is 1. The Morgan fingerprint density at radius 2 is 2.00 bits per heavy atom. The first-order valence-corrected chi connectivity index (χ1v) is 6.36. The number of benzene rings is 1. The van der Waals surface area contributed by atoms with Gasteiger partial charge in [-0.1, -0.05) is 12.1 Å². The number of hydrogen-bond acceptors (Lipinski definition) is 5. The van der Waals surface area contributed by atoms with E-state index in [0.717, 1.165) is 11.3 Å². The van der Waals surface area contributed by atoms with Crippen LogP contribution >= 0.6 is 0 Å². The van der Waals surface area contributed by atoms with Crippen molar-refractivity contribution < 1.29 is 19.0 Å². The fraction of sp³-hybridized carbons (Fsp3) is 0.500. The van der Waals surface area contributed by atoms with Crippen LogP contribution in [0.1, 0.15) is 12.5 Å². The number of ketones is 1. The molecule has 1 aliphatic rings. The van der Waals surface area contributed by atoms with Gasteiger partial charge >= 0.3 is 0 Å². The van der Waals surface area contributed by atoms with Gasteiger partial charge in [-0.2, -0.15) is 0 Å². The zero-order valence-corrected chi connectivity index (χ0v) is 11.0. The van der Waals surface area contributed by atoms with Crippen LogP contribution in [0.4, 0.5) is 0 Å². The zero-order valence-electron chi connectivity index (χ0n) is 11.0. The lowest BCUT2D eigenvalue weighted by atomic mass is 10.0. The van der Waals surface area contributed by atoms with Crippen LogP contribution in [0.25, 0.3) is 0 Å². The molecule has 0 amide bonds. The molecule has 1 heterocycles. The third-order valence-electron chi connectivity index (χ3n) is 2.98. The Morgan fingerprint density at radius 3 is 2.58 bits per heavy atom. The highest BCUT2D eigenvalue weighted by atomic mass is 16.7. The normalized spacial score (nSPS) is 17.4. The van der Waals surface area contributed by atoms with Crippen LogP contribution in [0.3, 0.4) is 0 Å². The zero-order chi connectivity index (χ0) is 13.7. The molecular weight excluding hydrogens is 246 g/mol. The predicted molar refractivity (Wildman–Crippen MR) is 70.0 cm³/mol. The molecule has 0 saturated carbocycles. The lowest BCUT2D eigenvalue weighted by molar-refractivity contribution is -0.118. The summed E-state index contributed by atoms with van der Waals surface area (Å²) in [6, 6.07) is 7.10. The van der Waals surface area contributed by atoms with E-state index in [4.69, 9.17) is 19.9 Å². The van der Waals surface area contributed by atoms with Crippen LogP contribution in [-0.4, -0.2) is 37.9 Å². The third kappa shape index (κ3) is 4.31. The standard InChI is InChI=1S/C14H19NO4/c1-10(16)13(15)8-11-2-4-12(5-3-11)19-9-14-17-6-7-18-14/h2-5,13-14H,6-9,15H2,1H3. The fourth-order valence-electron chi connectivity index (χ4n) is 1.79. The van der Waals surface area contributed by atoms with Gasteiger partial charge in [-0.05, 0) is 31.0 Å². The monoisotopic (exact) mass is 265 g/mol. The minimum absolute atomic E-state index is 0.00384. The minimum Gasteiger partial charge on any atom is -0.488 e. The van der Waals surface area contributed by atoms with Crippen LogP contribution in [-0.2, 0) is 20.7 Å². The number of rotatable bonds is 6. The summed E-state index contributed by atoms with van der Waals surface area (Å²) in [5.74, 6) is 0.745. The van der Waals surface area contributed by atoms with Gasteiger partial charge < -0.3 is 19.9 Å². The Morgan fingerprint density at radius 1 is 1.37 bits per heavy atom. The van der Waals surface area contributed by atoms with Crippen LogP contribution in [0.5, 0.6) is 5.75 Å². The summed E-state index contributed by atoms with van der Waals surface area (Å²) >= 11 is 0. The van der Waals surface area contributed by atoms with Crippen LogP contribution < -0.4 is 10.5 Å². The van der Waals surface area contributed by atoms with Gasteiger partial charge in [0.05, 0.1) is 19.3 Å². The Bertz CT molecular complexity index is 412. The molecule has 1 fully saturated rings. The summed E-state index contributed by atoms with van der Waals surface area (Å²) in [6.45, 7) is 3.13. The molecule has 5 heteroatoms. The summed E-state index contributed by atoms with van der Waals surface area (Å²) in [6.07, 6.45) is 0.274. The number of hydrogen-bond donors (Lipinski definition) is 1. The summed E-state index contributed by atoms with van der Waals surface area (Å²) in [5.41, 5.74) is 6.73. The molecule has 5 nitrogen and oxygen atoms in total. The first kappa shape index (κ1) is 14.0. The summed E-state index contributed by atoms with van der Waals surface area (Å²) in [7, 11) is 0. The maximum Gasteiger partial charge on any atom is 0.191 e. The maximum atomic E-state index is 11.1. The first-order chi connectivity index (χ1) is 9.15. The molecule has 0 bridgehead atoms.